The van der Waals surface area contributed by atoms with Crippen LogP contribution in [0.2, 0.25) is 0 Å². The van der Waals surface area contributed by atoms with Crippen molar-refractivity contribution in [2.24, 2.45) is 11.8 Å². The molecule has 1 aromatic carbocycles. The standard InChI is InChI=1S/C18H24N2O2/c1-19(14-9-5-4-6-10-14)17(21)15-13-16(15)18(22)20-11-7-2-3-8-12-20/h4-6,9-10,15-16H,2-3,7-8,11-13H2,1H3. The van der Waals surface area contributed by atoms with E-state index in [0.29, 0.717) is 6.42 Å². The summed E-state index contributed by atoms with van der Waals surface area (Å²) in [5.41, 5.74) is 0.889. The van der Waals surface area contributed by atoms with Gasteiger partial charge in [-0.2, -0.15) is 0 Å². The lowest BCUT2D eigenvalue weighted by Crippen LogP contribution is -2.35. The Bertz CT molecular complexity index is 535. The fraction of sp³-hybridized carbons (Fsp3) is 0.556. The average Bonchev–Trinajstić information content (AvgIpc) is 3.37. The van der Waals surface area contributed by atoms with Gasteiger partial charge in [-0.1, -0.05) is 31.0 Å². The third-order valence-corrected chi connectivity index (χ3v) is 4.82. The number of benzene rings is 1. The summed E-state index contributed by atoms with van der Waals surface area (Å²) in [6, 6.07) is 9.63. The minimum Gasteiger partial charge on any atom is -0.342 e. The number of hydrogen-bond acceptors (Lipinski definition) is 2. The van der Waals surface area contributed by atoms with Crippen molar-refractivity contribution in [3.05, 3.63) is 30.3 Å². The van der Waals surface area contributed by atoms with Gasteiger partial charge in [-0.3, -0.25) is 9.59 Å². The molecule has 1 aliphatic heterocycles. The van der Waals surface area contributed by atoms with Crippen LogP contribution in [0.25, 0.3) is 0 Å². The Morgan fingerprint density at radius 3 is 2.27 bits per heavy atom. The Balaban J connectivity index is 1.59. The number of likely N-dealkylation sites (tertiary alicyclic amines) is 1. The molecule has 1 saturated carbocycles. The zero-order chi connectivity index (χ0) is 15.5. The molecule has 2 unspecified atom stereocenters. The highest BCUT2D eigenvalue weighted by Gasteiger charge is 2.50. The second-order valence-electron chi connectivity index (χ2n) is 6.42. The molecule has 2 aliphatic rings. The summed E-state index contributed by atoms with van der Waals surface area (Å²) in [4.78, 5) is 28.7. The van der Waals surface area contributed by atoms with E-state index in [1.165, 1.54) is 12.8 Å². The van der Waals surface area contributed by atoms with Gasteiger partial charge >= 0.3 is 0 Å². The normalized spacial score (nSPS) is 24.5. The summed E-state index contributed by atoms with van der Waals surface area (Å²) in [5.74, 6) is 0.0544. The summed E-state index contributed by atoms with van der Waals surface area (Å²) in [6.07, 6.45) is 5.34. The second-order valence-corrected chi connectivity index (χ2v) is 6.42. The molecule has 1 aliphatic carbocycles. The maximum absolute atomic E-state index is 12.5. The Hall–Kier alpha value is -1.84. The fourth-order valence-corrected chi connectivity index (χ4v) is 3.29. The van der Waals surface area contributed by atoms with E-state index in [1.54, 1.807) is 11.9 Å². The molecule has 3 rings (SSSR count). The summed E-state index contributed by atoms with van der Waals surface area (Å²) in [6.45, 7) is 1.73. The highest BCUT2D eigenvalue weighted by molar-refractivity contribution is 6.00. The molecular formula is C18H24N2O2. The van der Waals surface area contributed by atoms with Gasteiger partial charge in [0.25, 0.3) is 0 Å². The Labute approximate surface area is 132 Å². The zero-order valence-corrected chi connectivity index (χ0v) is 13.2. The molecular weight excluding hydrogens is 276 g/mol. The molecule has 2 amide bonds. The highest BCUT2D eigenvalue weighted by atomic mass is 16.2. The number of anilines is 1. The molecule has 0 aromatic heterocycles. The highest BCUT2D eigenvalue weighted by Crippen LogP contribution is 2.42. The largest absolute Gasteiger partial charge is 0.342 e. The van der Waals surface area contributed by atoms with Gasteiger partial charge in [0.1, 0.15) is 0 Å². The molecule has 0 spiro atoms. The van der Waals surface area contributed by atoms with Crippen molar-refractivity contribution in [2.45, 2.75) is 32.1 Å². The van der Waals surface area contributed by atoms with Crippen LogP contribution in [0.15, 0.2) is 30.3 Å². The number of para-hydroxylation sites is 1. The minimum atomic E-state index is -0.124. The first kappa shape index (κ1) is 15.1. The van der Waals surface area contributed by atoms with Crippen molar-refractivity contribution in [1.29, 1.82) is 0 Å². The first-order valence-corrected chi connectivity index (χ1v) is 8.30. The van der Waals surface area contributed by atoms with Gasteiger partial charge in [0.2, 0.25) is 11.8 Å². The van der Waals surface area contributed by atoms with Gasteiger partial charge in [-0.15, -0.1) is 0 Å². The predicted molar refractivity (Wildman–Crippen MR) is 86.5 cm³/mol. The minimum absolute atomic E-state index is 0.0689. The van der Waals surface area contributed by atoms with Crippen LogP contribution in [0, 0.1) is 11.8 Å². The molecule has 118 valence electrons. The molecule has 1 aromatic rings. The summed E-state index contributed by atoms with van der Waals surface area (Å²) in [5, 5.41) is 0. The lowest BCUT2D eigenvalue weighted by molar-refractivity contribution is -0.134. The summed E-state index contributed by atoms with van der Waals surface area (Å²) < 4.78 is 0. The first-order chi connectivity index (χ1) is 10.7. The number of carbonyl (C=O) groups is 2. The van der Waals surface area contributed by atoms with E-state index in [9.17, 15) is 9.59 Å². The van der Waals surface area contributed by atoms with E-state index >= 15 is 0 Å². The van der Waals surface area contributed by atoms with Gasteiger partial charge < -0.3 is 9.80 Å². The van der Waals surface area contributed by atoms with Gasteiger partial charge in [0.15, 0.2) is 0 Å². The Kier molecular flexibility index (Phi) is 4.46. The van der Waals surface area contributed by atoms with Gasteiger partial charge in [-0.05, 0) is 31.4 Å². The monoisotopic (exact) mass is 300 g/mol. The van der Waals surface area contributed by atoms with Gasteiger partial charge in [-0.25, -0.2) is 0 Å². The van der Waals surface area contributed by atoms with E-state index in [0.717, 1.165) is 31.6 Å². The van der Waals surface area contributed by atoms with E-state index in [2.05, 4.69) is 0 Å². The summed E-state index contributed by atoms with van der Waals surface area (Å²) >= 11 is 0. The van der Waals surface area contributed by atoms with E-state index in [1.807, 2.05) is 35.2 Å². The number of carbonyl (C=O) groups excluding carboxylic acids is 2. The molecule has 0 radical (unpaired) electrons. The van der Waals surface area contributed by atoms with Crippen molar-refractivity contribution in [3.8, 4) is 0 Å². The number of hydrogen-bond donors (Lipinski definition) is 0. The lowest BCUT2D eigenvalue weighted by atomic mass is 10.2. The van der Waals surface area contributed by atoms with Crippen LogP contribution in [0.1, 0.15) is 32.1 Å². The van der Waals surface area contributed by atoms with Gasteiger partial charge in [0.05, 0.1) is 11.8 Å². The number of nitrogens with zero attached hydrogens (tertiary/aromatic N) is 2. The van der Waals surface area contributed by atoms with E-state index in [-0.39, 0.29) is 23.7 Å². The maximum atomic E-state index is 12.5. The van der Waals surface area contributed by atoms with Crippen LogP contribution in [-0.2, 0) is 9.59 Å². The topological polar surface area (TPSA) is 40.6 Å². The molecule has 1 saturated heterocycles. The van der Waals surface area contributed by atoms with Crippen molar-refractivity contribution in [1.82, 2.24) is 4.90 Å². The van der Waals surface area contributed by atoms with Gasteiger partial charge in [0, 0.05) is 25.8 Å². The Morgan fingerprint density at radius 2 is 1.64 bits per heavy atom. The molecule has 2 atom stereocenters. The van der Waals surface area contributed by atoms with E-state index in [4.69, 9.17) is 0 Å². The lowest BCUT2D eigenvalue weighted by Gasteiger charge is -2.21. The zero-order valence-electron chi connectivity index (χ0n) is 13.2. The number of rotatable bonds is 3. The smallest absolute Gasteiger partial charge is 0.230 e. The van der Waals surface area contributed by atoms with Crippen LogP contribution < -0.4 is 4.90 Å². The second kappa shape index (κ2) is 6.51. The molecule has 4 heteroatoms. The van der Waals surface area contributed by atoms with Crippen molar-refractivity contribution in [2.75, 3.05) is 25.0 Å². The molecule has 4 nitrogen and oxygen atoms in total. The fourth-order valence-electron chi connectivity index (χ4n) is 3.29. The van der Waals surface area contributed by atoms with Crippen molar-refractivity contribution < 1.29 is 9.59 Å². The maximum Gasteiger partial charge on any atom is 0.230 e. The molecule has 22 heavy (non-hydrogen) atoms. The predicted octanol–water partition coefficient (Wildman–Crippen LogP) is 2.69. The molecule has 2 fully saturated rings. The molecule has 1 heterocycles. The summed E-state index contributed by atoms with van der Waals surface area (Å²) in [7, 11) is 1.80. The number of amides is 2. The molecule has 0 N–H and O–H groups in total. The van der Waals surface area contributed by atoms with Crippen LogP contribution in [0.3, 0.4) is 0 Å². The SMILES string of the molecule is CN(C(=O)C1CC1C(=O)N1CCCCCC1)c1ccccc1. The third kappa shape index (κ3) is 3.16. The van der Waals surface area contributed by atoms with Crippen molar-refractivity contribution in [3.63, 3.8) is 0 Å². The van der Waals surface area contributed by atoms with Crippen LogP contribution in [0.5, 0.6) is 0 Å². The van der Waals surface area contributed by atoms with Crippen LogP contribution in [-0.4, -0.2) is 36.9 Å². The third-order valence-electron chi connectivity index (χ3n) is 4.82. The molecule has 0 bridgehead atoms. The average molecular weight is 300 g/mol. The van der Waals surface area contributed by atoms with Crippen LogP contribution in [0.4, 0.5) is 5.69 Å². The quantitative estimate of drug-likeness (QED) is 0.861. The van der Waals surface area contributed by atoms with E-state index < -0.39 is 0 Å². The van der Waals surface area contributed by atoms with Crippen molar-refractivity contribution >= 4 is 17.5 Å². The first-order valence-electron chi connectivity index (χ1n) is 8.30. The van der Waals surface area contributed by atoms with Crippen LogP contribution >= 0.6 is 0 Å². The Morgan fingerprint density at radius 1 is 1.00 bits per heavy atom.